The molecule has 0 aliphatic carbocycles. The lowest BCUT2D eigenvalue weighted by Crippen LogP contribution is -2.18. The van der Waals surface area contributed by atoms with Crippen molar-refractivity contribution in [1.29, 1.82) is 0 Å². The van der Waals surface area contributed by atoms with Gasteiger partial charge in [0.25, 0.3) is 0 Å². The Kier molecular flexibility index (Phi) is 3.02. The summed E-state index contributed by atoms with van der Waals surface area (Å²) in [6.45, 7) is 2.88. The highest BCUT2D eigenvalue weighted by atomic mass is 19.4. The van der Waals surface area contributed by atoms with Crippen LogP contribution in [0.3, 0.4) is 0 Å². The molecule has 0 atom stereocenters. The molecule has 0 spiro atoms. The van der Waals surface area contributed by atoms with Crippen molar-refractivity contribution in [1.82, 2.24) is 0 Å². The van der Waals surface area contributed by atoms with Gasteiger partial charge in [-0.15, -0.1) is 13.2 Å². The van der Waals surface area contributed by atoms with Crippen LogP contribution in [0.4, 0.5) is 13.2 Å². The van der Waals surface area contributed by atoms with Gasteiger partial charge < -0.3 is 4.74 Å². The maximum Gasteiger partial charge on any atom is 0.573 e. The number of hydrogen-bond acceptors (Lipinski definition) is 2. The van der Waals surface area contributed by atoms with E-state index in [0.717, 1.165) is 6.07 Å². The Morgan fingerprint density at radius 1 is 1.33 bits per heavy atom. The normalized spacial score (nSPS) is 11.3. The average molecular weight is 218 g/mol. The molecule has 0 heterocycles. The molecule has 5 heteroatoms. The van der Waals surface area contributed by atoms with E-state index in [1.165, 1.54) is 19.1 Å². The molecule has 0 aliphatic rings. The first-order chi connectivity index (χ1) is 6.79. The van der Waals surface area contributed by atoms with E-state index >= 15 is 0 Å². The minimum Gasteiger partial charge on any atom is -0.405 e. The van der Waals surface area contributed by atoms with E-state index in [-0.39, 0.29) is 5.56 Å². The average Bonchev–Trinajstić information content (AvgIpc) is 2.05. The third kappa shape index (κ3) is 3.27. The lowest BCUT2D eigenvalue weighted by molar-refractivity contribution is -0.274. The highest BCUT2D eigenvalue weighted by molar-refractivity contribution is 5.97. The van der Waals surface area contributed by atoms with Gasteiger partial charge in [-0.25, -0.2) is 0 Å². The van der Waals surface area contributed by atoms with Crippen molar-refractivity contribution in [3.8, 4) is 5.75 Å². The largest absolute Gasteiger partial charge is 0.573 e. The molecule has 1 rings (SSSR count). The van der Waals surface area contributed by atoms with Crippen LogP contribution in [0.1, 0.15) is 22.8 Å². The molecule has 0 bridgehead atoms. The number of carbonyl (C=O) groups excluding carboxylic acids is 1. The van der Waals surface area contributed by atoms with Crippen LogP contribution in [0.25, 0.3) is 0 Å². The van der Waals surface area contributed by atoms with Gasteiger partial charge in [-0.3, -0.25) is 4.79 Å². The topological polar surface area (TPSA) is 26.3 Å². The van der Waals surface area contributed by atoms with Gasteiger partial charge in [0, 0.05) is 0 Å². The SMILES string of the molecule is CC(=O)c1cc(C)ccc1OC(F)(F)F. The van der Waals surface area contributed by atoms with Crippen LogP contribution in [-0.4, -0.2) is 12.1 Å². The van der Waals surface area contributed by atoms with E-state index in [0.29, 0.717) is 5.56 Å². The molecule has 1 aromatic rings. The molecule has 0 saturated carbocycles. The first-order valence-corrected chi connectivity index (χ1v) is 4.17. The molecule has 0 saturated heterocycles. The summed E-state index contributed by atoms with van der Waals surface area (Å²) < 4.78 is 39.6. The molecule has 0 amide bonds. The van der Waals surface area contributed by atoms with Crippen molar-refractivity contribution in [2.75, 3.05) is 0 Å². The lowest BCUT2D eigenvalue weighted by Gasteiger charge is -2.12. The molecular weight excluding hydrogens is 209 g/mol. The number of halogens is 3. The number of carbonyl (C=O) groups is 1. The summed E-state index contributed by atoms with van der Waals surface area (Å²) in [6.07, 6.45) is -4.78. The van der Waals surface area contributed by atoms with Gasteiger partial charge >= 0.3 is 6.36 Å². The molecule has 0 N–H and O–H groups in total. The van der Waals surface area contributed by atoms with Crippen molar-refractivity contribution in [2.45, 2.75) is 20.2 Å². The highest BCUT2D eigenvalue weighted by Gasteiger charge is 2.32. The number of hydrogen-bond donors (Lipinski definition) is 0. The fourth-order valence-electron chi connectivity index (χ4n) is 1.13. The van der Waals surface area contributed by atoms with E-state index in [2.05, 4.69) is 4.74 Å². The van der Waals surface area contributed by atoms with E-state index in [4.69, 9.17) is 0 Å². The molecule has 0 aliphatic heterocycles. The molecule has 0 unspecified atom stereocenters. The first-order valence-electron chi connectivity index (χ1n) is 4.17. The fourth-order valence-corrected chi connectivity index (χ4v) is 1.13. The van der Waals surface area contributed by atoms with E-state index < -0.39 is 17.9 Å². The summed E-state index contributed by atoms with van der Waals surface area (Å²) in [5, 5.41) is 0. The number of benzene rings is 1. The summed E-state index contributed by atoms with van der Waals surface area (Å²) >= 11 is 0. The quantitative estimate of drug-likeness (QED) is 0.713. The minimum atomic E-state index is -4.78. The number of aryl methyl sites for hydroxylation is 1. The van der Waals surface area contributed by atoms with Crippen LogP contribution >= 0.6 is 0 Å². The number of alkyl halides is 3. The number of Topliss-reactive ketones (excluding diaryl/α,β-unsaturated/α-hetero) is 1. The molecule has 0 radical (unpaired) electrons. The van der Waals surface area contributed by atoms with Gasteiger partial charge in [0.2, 0.25) is 0 Å². The van der Waals surface area contributed by atoms with Gasteiger partial charge in [0.15, 0.2) is 5.78 Å². The third-order valence-electron chi connectivity index (χ3n) is 1.74. The molecule has 2 nitrogen and oxygen atoms in total. The van der Waals surface area contributed by atoms with Crippen molar-refractivity contribution in [3.63, 3.8) is 0 Å². The van der Waals surface area contributed by atoms with Crippen molar-refractivity contribution < 1.29 is 22.7 Å². The predicted octanol–water partition coefficient (Wildman–Crippen LogP) is 3.10. The minimum absolute atomic E-state index is 0.0627. The monoisotopic (exact) mass is 218 g/mol. The van der Waals surface area contributed by atoms with Crippen LogP contribution in [0.5, 0.6) is 5.75 Å². The van der Waals surface area contributed by atoms with Crippen LogP contribution < -0.4 is 4.74 Å². The van der Waals surface area contributed by atoms with E-state index in [1.807, 2.05) is 0 Å². The lowest BCUT2D eigenvalue weighted by atomic mass is 10.1. The fraction of sp³-hybridized carbons (Fsp3) is 0.300. The summed E-state index contributed by atoms with van der Waals surface area (Å²) in [4.78, 5) is 11.1. The predicted molar refractivity (Wildman–Crippen MR) is 47.9 cm³/mol. The summed E-state index contributed by atoms with van der Waals surface area (Å²) in [7, 11) is 0. The zero-order valence-electron chi connectivity index (χ0n) is 8.18. The highest BCUT2D eigenvalue weighted by Crippen LogP contribution is 2.27. The zero-order chi connectivity index (χ0) is 11.6. The number of ether oxygens (including phenoxy) is 1. The first kappa shape index (κ1) is 11.6. The Morgan fingerprint density at radius 2 is 1.93 bits per heavy atom. The Morgan fingerprint density at radius 3 is 2.40 bits per heavy atom. The van der Waals surface area contributed by atoms with Gasteiger partial charge in [-0.05, 0) is 26.0 Å². The van der Waals surface area contributed by atoms with Crippen LogP contribution in [0.15, 0.2) is 18.2 Å². The van der Waals surface area contributed by atoms with Crippen LogP contribution in [0, 0.1) is 6.92 Å². The Balaban J connectivity index is 3.12. The molecule has 0 aromatic heterocycles. The third-order valence-corrected chi connectivity index (χ3v) is 1.74. The zero-order valence-corrected chi connectivity index (χ0v) is 8.18. The number of rotatable bonds is 2. The standard InChI is InChI=1S/C10H9F3O2/c1-6-3-4-9(15-10(11,12)13)8(5-6)7(2)14/h3-5H,1-2H3. The maximum atomic E-state index is 12.0. The summed E-state index contributed by atoms with van der Waals surface area (Å²) in [5.41, 5.74) is 0.641. The van der Waals surface area contributed by atoms with E-state index in [1.54, 1.807) is 6.92 Å². The van der Waals surface area contributed by atoms with Crippen LogP contribution in [-0.2, 0) is 0 Å². The maximum absolute atomic E-state index is 12.0. The van der Waals surface area contributed by atoms with Gasteiger partial charge in [0.1, 0.15) is 5.75 Å². The second kappa shape index (κ2) is 3.92. The Bertz CT molecular complexity index is 383. The second-order valence-electron chi connectivity index (χ2n) is 3.10. The summed E-state index contributed by atoms with van der Waals surface area (Å²) in [6, 6.07) is 3.95. The van der Waals surface area contributed by atoms with E-state index in [9.17, 15) is 18.0 Å². The van der Waals surface area contributed by atoms with Crippen molar-refractivity contribution in [2.24, 2.45) is 0 Å². The Hall–Kier alpha value is -1.52. The van der Waals surface area contributed by atoms with Gasteiger partial charge in [0.05, 0.1) is 5.56 Å². The number of ketones is 1. The van der Waals surface area contributed by atoms with Crippen molar-refractivity contribution in [3.05, 3.63) is 29.3 Å². The molecular formula is C10H9F3O2. The van der Waals surface area contributed by atoms with Gasteiger partial charge in [-0.1, -0.05) is 11.6 Å². The molecule has 0 fully saturated rings. The van der Waals surface area contributed by atoms with Crippen LogP contribution in [0.2, 0.25) is 0 Å². The van der Waals surface area contributed by atoms with Crippen molar-refractivity contribution >= 4 is 5.78 Å². The molecule has 15 heavy (non-hydrogen) atoms. The summed E-state index contributed by atoms with van der Waals surface area (Å²) in [5.74, 6) is -0.918. The smallest absolute Gasteiger partial charge is 0.405 e. The van der Waals surface area contributed by atoms with Gasteiger partial charge in [-0.2, -0.15) is 0 Å². The molecule has 82 valence electrons. The second-order valence-corrected chi connectivity index (χ2v) is 3.10. The Labute approximate surface area is 84.7 Å². The molecule has 1 aromatic carbocycles.